The summed E-state index contributed by atoms with van der Waals surface area (Å²) in [6, 6.07) is 14.4. The van der Waals surface area contributed by atoms with Gasteiger partial charge >= 0.3 is 0 Å². The summed E-state index contributed by atoms with van der Waals surface area (Å²) in [6.45, 7) is 0. The maximum atomic E-state index is 13.1. The minimum absolute atomic E-state index is 0.0240. The predicted molar refractivity (Wildman–Crippen MR) is 81.1 cm³/mol. The molecule has 0 radical (unpaired) electrons. The van der Waals surface area contributed by atoms with E-state index in [2.05, 4.69) is 4.72 Å². The van der Waals surface area contributed by atoms with E-state index in [0.29, 0.717) is 6.07 Å². The van der Waals surface area contributed by atoms with Crippen molar-refractivity contribution in [2.24, 2.45) is 0 Å². The van der Waals surface area contributed by atoms with Crippen LogP contribution in [-0.4, -0.2) is 8.42 Å². The highest BCUT2D eigenvalue weighted by atomic mass is 32.2. The molecule has 1 N–H and O–H groups in total. The average Bonchev–Trinajstić information content (AvgIpc) is 2.45. The molecule has 0 saturated carbocycles. The molecule has 0 aliphatic heterocycles. The highest BCUT2D eigenvalue weighted by Gasteiger charge is 2.15. The quantitative estimate of drug-likeness (QED) is 0.795. The van der Waals surface area contributed by atoms with Gasteiger partial charge in [-0.3, -0.25) is 4.72 Å². The van der Waals surface area contributed by atoms with Crippen molar-refractivity contribution in [3.05, 3.63) is 72.3 Å². The highest BCUT2D eigenvalue weighted by molar-refractivity contribution is 7.92. The van der Waals surface area contributed by atoms with E-state index in [4.69, 9.17) is 0 Å². The van der Waals surface area contributed by atoms with E-state index >= 15 is 0 Å². The Morgan fingerprint density at radius 2 is 1.41 bits per heavy atom. The summed E-state index contributed by atoms with van der Waals surface area (Å²) in [5.41, 5.74) is -0.161. The molecule has 3 aromatic carbocycles. The van der Waals surface area contributed by atoms with Crippen LogP contribution in [0.4, 0.5) is 14.5 Å². The van der Waals surface area contributed by atoms with Crippen LogP contribution in [0.25, 0.3) is 10.8 Å². The molecule has 0 unspecified atom stereocenters. The summed E-state index contributed by atoms with van der Waals surface area (Å²) < 4.78 is 53.1. The lowest BCUT2D eigenvalue weighted by molar-refractivity contribution is 0.584. The van der Waals surface area contributed by atoms with Crippen molar-refractivity contribution in [2.45, 2.75) is 4.90 Å². The van der Waals surface area contributed by atoms with Gasteiger partial charge in [0.25, 0.3) is 10.0 Å². The molecule has 6 heteroatoms. The molecule has 0 amide bonds. The van der Waals surface area contributed by atoms with Crippen molar-refractivity contribution >= 4 is 26.5 Å². The van der Waals surface area contributed by atoms with Gasteiger partial charge in [-0.15, -0.1) is 0 Å². The molecule has 0 spiro atoms. The molecule has 112 valence electrons. The highest BCUT2D eigenvalue weighted by Crippen LogP contribution is 2.22. The van der Waals surface area contributed by atoms with Gasteiger partial charge in [-0.25, -0.2) is 17.2 Å². The van der Waals surface area contributed by atoms with Gasteiger partial charge in [-0.1, -0.05) is 30.3 Å². The Balaban J connectivity index is 2.00. The number of halogens is 2. The Kier molecular flexibility index (Phi) is 3.54. The van der Waals surface area contributed by atoms with E-state index in [1.165, 1.54) is 12.1 Å². The first-order valence-corrected chi connectivity index (χ1v) is 7.90. The van der Waals surface area contributed by atoms with Crippen LogP contribution < -0.4 is 4.72 Å². The normalized spacial score (nSPS) is 11.5. The lowest BCUT2D eigenvalue weighted by atomic mass is 10.1. The second-order valence-electron chi connectivity index (χ2n) is 4.77. The minimum atomic E-state index is -3.92. The zero-order valence-corrected chi connectivity index (χ0v) is 12.1. The van der Waals surface area contributed by atoms with Gasteiger partial charge in [0.2, 0.25) is 0 Å². The molecule has 0 atom stereocenters. The lowest BCUT2D eigenvalue weighted by Crippen LogP contribution is -2.13. The van der Waals surface area contributed by atoms with E-state index < -0.39 is 21.7 Å². The zero-order valence-electron chi connectivity index (χ0n) is 11.3. The molecular weight excluding hydrogens is 308 g/mol. The van der Waals surface area contributed by atoms with Gasteiger partial charge in [0, 0.05) is 6.07 Å². The molecule has 0 aliphatic rings. The predicted octanol–water partition coefficient (Wildman–Crippen LogP) is 3.92. The largest absolute Gasteiger partial charge is 0.279 e. The van der Waals surface area contributed by atoms with Crippen molar-refractivity contribution in [1.82, 2.24) is 0 Å². The first kappa shape index (κ1) is 14.5. The minimum Gasteiger partial charge on any atom is -0.279 e. The van der Waals surface area contributed by atoms with E-state index in [0.717, 1.165) is 22.9 Å². The summed E-state index contributed by atoms with van der Waals surface area (Å²) in [5, 5.41) is 1.66. The number of hydrogen-bond donors (Lipinski definition) is 1. The molecule has 0 aromatic heterocycles. The monoisotopic (exact) mass is 319 g/mol. The third kappa shape index (κ3) is 2.92. The standard InChI is InChI=1S/C16H11F2NO2S/c17-13-8-14(18)10-15(9-13)19-22(20,21)16-6-5-11-3-1-2-4-12(11)7-16/h1-10,19H. The Labute approximate surface area is 126 Å². The fourth-order valence-electron chi connectivity index (χ4n) is 2.16. The lowest BCUT2D eigenvalue weighted by Gasteiger charge is -2.09. The third-order valence-corrected chi connectivity index (χ3v) is 4.52. The number of anilines is 1. The SMILES string of the molecule is O=S(=O)(Nc1cc(F)cc(F)c1)c1ccc2ccccc2c1. The summed E-state index contributed by atoms with van der Waals surface area (Å²) in [7, 11) is -3.92. The Bertz CT molecular complexity index is 935. The van der Waals surface area contributed by atoms with Crippen LogP contribution in [0.1, 0.15) is 0 Å². The molecule has 0 heterocycles. The van der Waals surface area contributed by atoms with Crippen molar-refractivity contribution in [3.8, 4) is 0 Å². The van der Waals surface area contributed by atoms with Crippen LogP contribution >= 0.6 is 0 Å². The summed E-state index contributed by atoms with van der Waals surface area (Å²) in [6.07, 6.45) is 0. The zero-order chi connectivity index (χ0) is 15.7. The van der Waals surface area contributed by atoms with Crippen molar-refractivity contribution < 1.29 is 17.2 Å². The summed E-state index contributed by atoms with van der Waals surface area (Å²) in [4.78, 5) is 0.0240. The summed E-state index contributed by atoms with van der Waals surface area (Å²) in [5.74, 6) is -1.70. The fraction of sp³-hybridized carbons (Fsp3) is 0. The first-order valence-electron chi connectivity index (χ1n) is 6.42. The van der Waals surface area contributed by atoms with Gasteiger partial charge in [0.05, 0.1) is 10.6 Å². The van der Waals surface area contributed by atoms with E-state index in [1.54, 1.807) is 18.2 Å². The molecule has 3 nitrogen and oxygen atoms in total. The third-order valence-electron chi connectivity index (χ3n) is 3.15. The van der Waals surface area contributed by atoms with Crippen LogP contribution in [0.3, 0.4) is 0 Å². The molecule has 3 aromatic rings. The molecule has 0 fully saturated rings. The van der Waals surface area contributed by atoms with E-state index in [-0.39, 0.29) is 10.6 Å². The van der Waals surface area contributed by atoms with Crippen molar-refractivity contribution in [3.63, 3.8) is 0 Å². The Morgan fingerprint density at radius 1 is 0.773 bits per heavy atom. The van der Waals surface area contributed by atoms with Crippen molar-refractivity contribution in [1.29, 1.82) is 0 Å². The first-order chi connectivity index (χ1) is 10.4. The van der Waals surface area contributed by atoms with E-state index in [1.807, 2.05) is 12.1 Å². The van der Waals surface area contributed by atoms with Crippen LogP contribution in [0.15, 0.2) is 65.6 Å². The van der Waals surface area contributed by atoms with Gasteiger partial charge in [-0.05, 0) is 35.0 Å². The van der Waals surface area contributed by atoms with Crippen molar-refractivity contribution in [2.75, 3.05) is 4.72 Å². The molecule has 3 rings (SSSR count). The van der Waals surface area contributed by atoms with Crippen LogP contribution in [0.2, 0.25) is 0 Å². The van der Waals surface area contributed by atoms with E-state index in [9.17, 15) is 17.2 Å². The average molecular weight is 319 g/mol. The Morgan fingerprint density at radius 3 is 2.09 bits per heavy atom. The number of hydrogen-bond acceptors (Lipinski definition) is 2. The fourth-order valence-corrected chi connectivity index (χ4v) is 3.24. The number of sulfonamides is 1. The number of fused-ring (bicyclic) bond motifs is 1. The van der Waals surface area contributed by atoms with Gasteiger partial charge < -0.3 is 0 Å². The van der Waals surface area contributed by atoms with Crippen LogP contribution in [0.5, 0.6) is 0 Å². The van der Waals surface area contributed by atoms with Gasteiger partial charge in [-0.2, -0.15) is 0 Å². The number of nitrogens with one attached hydrogen (secondary N) is 1. The second kappa shape index (κ2) is 5.38. The van der Waals surface area contributed by atoms with Gasteiger partial charge in [0.1, 0.15) is 11.6 Å². The van der Waals surface area contributed by atoms with Gasteiger partial charge in [0.15, 0.2) is 0 Å². The molecule has 22 heavy (non-hydrogen) atoms. The summed E-state index contributed by atoms with van der Waals surface area (Å²) >= 11 is 0. The Hall–Kier alpha value is -2.47. The smallest absolute Gasteiger partial charge is 0.261 e. The molecule has 0 aliphatic carbocycles. The second-order valence-corrected chi connectivity index (χ2v) is 6.45. The molecule has 0 saturated heterocycles. The number of benzene rings is 3. The van der Waals surface area contributed by atoms with Crippen LogP contribution in [-0.2, 0) is 10.0 Å². The number of rotatable bonds is 3. The molecular formula is C16H11F2NO2S. The van der Waals surface area contributed by atoms with Crippen LogP contribution in [0, 0.1) is 11.6 Å². The maximum Gasteiger partial charge on any atom is 0.261 e. The maximum absolute atomic E-state index is 13.1. The topological polar surface area (TPSA) is 46.2 Å². The molecule has 0 bridgehead atoms.